The number of nitrogens with two attached hydrogens (primary N) is 1. The van der Waals surface area contributed by atoms with E-state index < -0.39 is 0 Å². The molecule has 0 amide bonds. The third-order valence-corrected chi connectivity index (χ3v) is 4.45. The van der Waals surface area contributed by atoms with Crippen molar-refractivity contribution in [3.05, 3.63) is 46.7 Å². The number of nitrogen functional groups attached to an aromatic ring is 1. The molecule has 1 aliphatic rings. The molecule has 0 unspecified atom stereocenters. The Morgan fingerprint density at radius 2 is 2.00 bits per heavy atom. The molecule has 2 aromatic carbocycles. The molecule has 0 bridgehead atoms. The van der Waals surface area contributed by atoms with E-state index >= 15 is 0 Å². The second kappa shape index (κ2) is 6.03. The molecular weight excluding hydrogens is 313 g/mol. The van der Waals surface area contributed by atoms with Crippen LogP contribution in [0.2, 0.25) is 5.02 Å². The van der Waals surface area contributed by atoms with Crippen LogP contribution in [-0.2, 0) is 5.75 Å². The molecule has 1 heterocycles. The van der Waals surface area contributed by atoms with Crippen molar-refractivity contribution in [2.45, 2.75) is 10.6 Å². The Kier molecular flexibility index (Phi) is 4.12. The number of anilines is 1. The van der Waals surface area contributed by atoms with Gasteiger partial charge in [-0.2, -0.15) is 0 Å². The minimum Gasteiger partial charge on any atom is -0.486 e. The summed E-state index contributed by atoms with van der Waals surface area (Å²) in [6.45, 7) is 1.01. The van der Waals surface area contributed by atoms with Gasteiger partial charge in [0, 0.05) is 16.3 Å². The summed E-state index contributed by atoms with van der Waals surface area (Å²) in [4.78, 5) is 0.709. The fraction of sp³-hybridized carbons (Fsp3) is 0.200. The van der Waals surface area contributed by atoms with Crippen LogP contribution in [0.3, 0.4) is 0 Å². The first-order valence-electron chi connectivity index (χ1n) is 6.39. The van der Waals surface area contributed by atoms with Gasteiger partial charge in [-0.25, -0.2) is 4.39 Å². The highest BCUT2D eigenvalue weighted by molar-refractivity contribution is 7.98. The van der Waals surface area contributed by atoms with Crippen LogP contribution in [0.1, 0.15) is 5.56 Å². The first-order valence-corrected chi connectivity index (χ1v) is 7.75. The molecule has 1 aliphatic heterocycles. The van der Waals surface area contributed by atoms with Crippen LogP contribution in [-0.4, -0.2) is 13.2 Å². The average Bonchev–Trinajstić information content (AvgIpc) is 2.48. The maximum atomic E-state index is 13.2. The van der Waals surface area contributed by atoms with Gasteiger partial charge in [-0.15, -0.1) is 11.8 Å². The number of thioether (sulfide) groups is 1. The van der Waals surface area contributed by atoms with Gasteiger partial charge in [0.05, 0.1) is 5.02 Å². The lowest BCUT2D eigenvalue weighted by Gasteiger charge is -2.20. The molecule has 0 saturated carbocycles. The highest BCUT2D eigenvalue weighted by Crippen LogP contribution is 2.40. The molecule has 2 aromatic rings. The Balaban J connectivity index is 1.79. The lowest BCUT2D eigenvalue weighted by atomic mass is 10.2. The Morgan fingerprint density at radius 3 is 2.86 bits per heavy atom. The van der Waals surface area contributed by atoms with Gasteiger partial charge in [0.1, 0.15) is 19.0 Å². The predicted octanol–water partition coefficient (Wildman–Crippen LogP) is 4.12. The van der Waals surface area contributed by atoms with Crippen LogP contribution in [0.25, 0.3) is 0 Å². The third-order valence-electron chi connectivity index (χ3n) is 3.03. The summed E-state index contributed by atoms with van der Waals surface area (Å²) in [7, 11) is 0. The van der Waals surface area contributed by atoms with Gasteiger partial charge in [-0.1, -0.05) is 11.6 Å². The predicted molar refractivity (Wildman–Crippen MR) is 82.8 cm³/mol. The molecule has 6 heteroatoms. The molecule has 21 heavy (non-hydrogen) atoms. The van der Waals surface area contributed by atoms with Crippen LogP contribution < -0.4 is 15.2 Å². The summed E-state index contributed by atoms with van der Waals surface area (Å²) >= 11 is 7.64. The number of fused-ring (bicyclic) bond motifs is 1. The van der Waals surface area contributed by atoms with Gasteiger partial charge in [-0.3, -0.25) is 0 Å². The van der Waals surface area contributed by atoms with Gasteiger partial charge < -0.3 is 15.2 Å². The first-order chi connectivity index (χ1) is 10.1. The van der Waals surface area contributed by atoms with Crippen LogP contribution in [0.5, 0.6) is 11.5 Å². The normalized spacial score (nSPS) is 13.2. The summed E-state index contributed by atoms with van der Waals surface area (Å²) in [6.07, 6.45) is 0. The highest BCUT2D eigenvalue weighted by Gasteiger charge is 2.16. The molecule has 0 radical (unpaired) electrons. The van der Waals surface area contributed by atoms with E-state index in [1.165, 1.54) is 23.9 Å². The van der Waals surface area contributed by atoms with Gasteiger partial charge in [-0.05, 0) is 35.9 Å². The van der Waals surface area contributed by atoms with E-state index in [0.717, 1.165) is 5.56 Å². The van der Waals surface area contributed by atoms with Gasteiger partial charge in [0.15, 0.2) is 11.5 Å². The molecule has 2 N–H and O–H groups in total. The van der Waals surface area contributed by atoms with Crippen molar-refractivity contribution < 1.29 is 13.9 Å². The van der Waals surface area contributed by atoms with Crippen molar-refractivity contribution >= 4 is 29.1 Å². The van der Waals surface area contributed by atoms with E-state index in [4.69, 9.17) is 26.8 Å². The van der Waals surface area contributed by atoms with Gasteiger partial charge in [0.2, 0.25) is 0 Å². The molecule has 0 aromatic heterocycles. The number of hydrogen-bond donors (Lipinski definition) is 1. The summed E-state index contributed by atoms with van der Waals surface area (Å²) < 4.78 is 24.2. The number of halogens is 2. The third kappa shape index (κ3) is 3.19. The average molecular weight is 326 g/mol. The zero-order valence-corrected chi connectivity index (χ0v) is 12.6. The van der Waals surface area contributed by atoms with Crippen LogP contribution in [0, 0.1) is 5.82 Å². The van der Waals surface area contributed by atoms with Crippen molar-refractivity contribution in [3.8, 4) is 11.5 Å². The fourth-order valence-electron chi connectivity index (χ4n) is 2.04. The number of ether oxygens (including phenoxy) is 2. The van der Waals surface area contributed by atoms with E-state index in [1.807, 2.05) is 12.1 Å². The summed E-state index contributed by atoms with van der Waals surface area (Å²) in [5, 5.41) is 0.523. The number of rotatable bonds is 3. The van der Waals surface area contributed by atoms with Crippen molar-refractivity contribution in [3.63, 3.8) is 0 Å². The van der Waals surface area contributed by atoms with E-state index in [-0.39, 0.29) is 5.82 Å². The molecule has 0 aliphatic carbocycles. The van der Waals surface area contributed by atoms with Crippen LogP contribution in [0.4, 0.5) is 10.1 Å². The van der Waals surface area contributed by atoms with E-state index in [9.17, 15) is 4.39 Å². The maximum Gasteiger partial charge on any atom is 0.179 e. The Bertz CT molecular complexity index is 681. The lowest BCUT2D eigenvalue weighted by molar-refractivity contribution is 0.171. The Hall–Kier alpha value is -1.59. The first kappa shape index (κ1) is 14.4. The summed E-state index contributed by atoms with van der Waals surface area (Å²) in [5.74, 6) is 1.55. The molecule has 0 fully saturated rings. The maximum absolute atomic E-state index is 13.2. The molecular formula is C15H13ClFNO2S. The number of hydrogen-bond acceptors (Lipinski definition) is 4. The largest absolute Gasteiger partial charge is 0.486 e. The SMILES string of the molecule is Nc1ccc(F)cc1SCc1cc(Cl)c2c(c1)OCCO2. The van der Waals surface area contributed by atoms with Crippen LogP contribution >= 0.6 is 23.4 Å². The van der Waals surface area contributed by atoms with E-state index in [0.29, 0.717) is 46.1 Å². The molecule has 0 atom stereocenters. The minimum absolute atomic E-state index is 0.299. The van der Waals surface area contributed by atoms with Crippen LogP contribution in [0.15, 0.2) is 35.2 Å². The highest BCUT2D eigenvalue weighted by atomic mass is 35.5. The molecule has 0 spiro atoms. The van der Waals surface area contributed by atoms with Crippen molar-refractivity contribution in [2.24, 2.45) is 0 Å². The second-order valence-electron chi connectivity index (χ2n) is 4.57. The zero-order valence-electron chi connectivity index (χ0n) is 11.1. The Labute approximate surface area is 131 Å². The second-order valence-corrected chi connectivity index (χ2v) is 6.00. The standard InChI is InChI=1S/C15H13ClFNO2S/c16-11-5-9(6-13-15(11)20-4-3-19-13)8-21-14-7-10(17)1-2-12(14)18/h1-2,5-7H,3-4,8,18H2. The minimum atomic E-state index is -0.299. The lowest BCUT2D eigenvalue weighted by Crippen LogP contribution is -2.15. The molecule has 3 nitrogen and oxygen atoms in total. The Morgan fingerprint density at radius 1 is 1.19 bits per heavy atom. The summed E-state index contributed by atoms with van der Waals surface area (Å²) in [5.41, 5.74) is 7.37. The fourth-order valence-corrected chi connectivity index (χ4v) is 3.25. The van der Waals surface area contributed by atoms with Crippen molar-refractivity contribution in [1.29, 1.82) is 0 Å². The van der Waals surface area contributed by atoms with E-state index in [1.54, 1.807) is 6.07 Å². The van der Waals surface area contributed by atoms with Gasteiger partial charge >= 0.3 is 0 Å². The van der Waals surface area contributed by atoms with Crippen molar-refractivity contribution in [1.82, 2.24) is 0 Å². The summed E-state index contributed by atoms with van der Waals surface area (Å²) in [6, 6.07) is 8.06. The molecule has 110 valence electrons. The molecule has 0 saturated heterocycles. The monoisotopic (exact) mass is 325 g/mol. The topological polar surface area (TPSA) is 44.5 Å². The molecule has 3 rings (SSSR count). The number of benzene rings is 2. The van der Waals surface area contributed by atoms with Gasteiger partial charge in [0.25, 0.3) is 0 Å². The zero-order chi connectivity index (χ0) is 14.8. The van der Waals surface area contributed by atoms with Crippen molar-refractivity contribution in [2.75, 3.05) is 18.9 Å². The quantitative estimate of drug-likeness (QED) is 0.681. The van der Waals surface area contributed by atoms with E-state index in [2.05, 4.69) is 0 Å². The smallest absolute Gasteiger partial charge is 0.179 e.